The van der Waals surface area contributed by atoms with Gasteiger partial charge in [0.1, 0.15) is 6.54 Å². The van der Waals surface area contributed by atoms with E-state index in [1.165, 1.54) is 0 Å². The lowest BCUT2D eigenvalue weighted by Crippen LogP contribution is -2.31. The number of rotatable bonds is 9. The molecular weight excluding hydrogens is 262 g/mol. The molecule has 1 amide bonds. The molecule has 2 N–H and O–H groups in total. The maximum atomic E-state index is 12.3. The molecule has 0 bridgehead atoms. The van der Waals surface area contributed by atoms with Crippen LogP contribution in [0.15, 0.2) is 30.3 Å². The second-order valence-electron chi connectivity index (χ2n) is 5.28. The fourth-order valence-corrected chi connectivity index (χ4v) is 2.40. The van der Waals surface area contributed by atoms with Crippen molar-refractivity contribution in [2.75, 3.05) is 13.1 Å². The molecule has 0 saturated heterocycles. The molecule has 1 atom stereocenters. The summed E-state index contributed by atoms with van der Waals surface area (Å²) in [5, 5.41) is 8.91. The average molecular weight is 287 g/mol. The normalized spacial score (nSPS) is 11.7. The first-order valence-corrected chi connectivity index (χ1v) is 7.60. The number of hydrogen-bond donors (Lipinski definition) is 1. The van der Waals surface area contributed by atoms with Gasteiger partial charge in [0.15, 0.2) is 0 Å². The van der Waals surface area contributed by atoms with E-state index in [4.69, 9.17) is 11.0 Å². The monoisotopic (exact) mass is 287 g/mol. The molecule has 1 aromatic carbocycles. The Morgan fingerprint density at radius 2 is 2.05 bits per heavy atom. The predicted molar refractivity (Wildman–Crippen MR) is 84.2 cm³/mol. The summed E-state index contributed by atoms with van der Waals surface area (Å²) in [7, 11) is 0. The van der Waals surface area contributed by atoms with Gasteiger partial charge in [0.25, 0.3) is 0 Å². The van der Waals surface area contributed by atoms with Crippen molar-refractivity contribution < 1.29 is 4.79 Å². The summed E-state index contributed by atoms with van der Waals surface area (Å²) in [6.07, 6.45) is 3.35. The molecule has 4 nitrogen and oxygen atoms in total. The number of amides is 1. The van der Waals surface area contributed by atoms with E-state index in [0.717, 1.165) is 24.8 Å². The van der Waals surface area contributed by atoms with E-state index >= 15 is 0 Å². The fourth-order valence-electron chi connectivity index (χ4n) is 2.40. The van der Waals surface area contributed by atoms with Crippen molar-refractivity contribution in [3.05, 3.63) is 35.9 Å². The third-order valence-corrected chi connectivity index (χ3v) is 3.75. The molecular formula is C17H25N3O. The first-order valence-electron chi connectivity index (χ1n) is 7.60. The minimum atomic E-state index is 0.0517. The Morgan fingerprint density at radius 1 is 1.33 bits per heavy atom. The van der Waals surface area contributed by atoms with Crippen molar-refractivity contribution in [3.8, 4) is 6.07 Å². The molecule has 114 valence electrons. The van der Waals surface area contributed by atoms with E-state index in [0.29, 0.717) is 25.4 Å². The second-order valence-corrected chi connectivity index (χ2v) is 5.28. The highest BCUT2D eigenvalue weighted by atomic mass is 16.2. The van der Waals surface area contributed by atoms with Gasteiger partial charge in [0.05, 0.1) is 6.07 Å². The van der Waals surface area contributed by atoms with Crippen LogP contribution in [0.5, 0.6) is 0 Å². The van der Waals surface area contributed by atoms with Crippen molar-refractivity contribution in [3.63, 3.8) is 0 Å². The van der Waals surface area contributed by atoms with Crippen LogP contribution in [0.1, 0.15) is 38.2 Å². The highest BCUT2D eigenvalue weighted by Crippen LogP contribution is 2.16. The minimum absolute atomic E-state index is 0.0517. The Labute approximate surface area is 127 Å². The average Bonchev–Trinajstić information content (AvgIpc) is 2.51. The lowest BCUT2D eigenvalue weighted by molar-refractivity contribution is -0.131. The van der Waals surface area contributed by atoms with Gasteiger partial charge < -0.3 is 10.6 Å². The molecule has 0 aliphatic rings. The molecule has 4 heteroatoms. The quantitative estimate of drug-likeness (QED) is 0.710. The van der Waals surface area contributed by atoms with Crippen molar-refractivity contribution in [2.24, 2.45) is 11.7 Å². The molecule has 0 saturated carbocycles. The largest absolute Gasteiger partial charge is 0.330 e. The third kappa shape index (κ3) is 6.42. The van der Waals surface area contributed by atoms with E-state index in [9.17, 15) is 4.79 Å². The smallest absolute Gasteiger partial charge is 0.223 e. The predicted octanol–water partition coefficient (Wildman–Crippen LogP) is 2.69. The van der Waals surface area contributed by atoms with Gasteiger partial charge >= 0.3 is 0 Å². The molecule has 0 heterocycles. The highest BCUT2D eigenvalue weighted by Gasteiger charge is 2.15. The summed E-state index contributed by atoms with van der Waals surface area (Å²) in [4.78, 5) is 13.9. The number of hydrogen-bond acceptors (Lipinski definition) is 3. The van der Waals surface area contributed by atoms with Crippen molar-refractivity contribution >= 4 is 5.91 Å². The maximum Gasteiger partial charge on any atom is 0.223 e. The number of carbonyl (C=O) groups is 1. The molecule has 1 unspecified atom stereocenters. The number of nitrogens with zero attached hydrogens (tertiary/aromatic N) is 2. The van der Waals surface area contributed by atoms with Crippen LogP contribution in [0.2, 0.25) is 0 Å². The minimum Gasteiger partial charge on any atom is -0.330 e. The SMILES string of the molecule is CCC(CCN)CCC(=O)N(CC#N)Cc1ccccc1. The van der Waals surface area contributed by atoms with Crippen LogP contribution in [-0.2, 0) is 11.3 Å². The van der Waals surface area contributed by atoms with Crippen molar-refractivity contribution in [1.82, 2.24) is 4.90 Å². The zero-order valence-corrected chi connectivity index (χ0v) is 12.8. The lowest BCUT2D eigenvalue weighted by atomic mass is 9.96. The van der Waals surface area contributed by atoms with Crippen LogP contribution in [0.25, 0.3) is 0 Å². The Kier molecular flexibility index (Phi) is 8.15. The number of benzene rings is 1. The summed E-state index contributed by atoms with van der Waals surface area (Å²) in [6, 6.07) is 11.9. The summed E-state index contributed by atoms with van der Waals surface area (Å²) in [5.74, 6) is 0.551. The molecule has 1 aromatic rings. The van der Waals surface area contributed by atoms with Crippen LogP contribution in [0.4, 0.5) is 0 Å². The summed E-state index contributed by atoms with van der Waals surface area (Å²) >= 11 is 0. The Bertz CT molecular complexity index is 453. The maximum absolute atomic E-state index is 12.3. The van der Waals surface area contributed by atoms with E-state index in [1.54, 1.807) is 4.90 Å². The van der Waals surface area contributed by atoms with E-state index < -0.39 is 0 Å². The van der Waals surface area contributed by atoms with Crippen LogP contribution in [0.3, 0.4) is 0 Å². The summed E-state index contributed by atoms with van der Waals surface area (Å²) < 4.78 is 0. The second kappa shape index (κ2) is 9.95. The van der Waals surface area contributed by atoms with Crippen LogP contribution in [-0.4, -0.2) is 23.9 Å². The topological polar surface area (TPSA) is 70.1 Å². The Hall–Kier alpha value is -1.86. The zero-order chi connectivity index (χ0) is 15.5. The van der Waals surface area contributed by atoms with Gasteiger partial charge in [-0.15, -0.1) is 0 Å². The van der Waals surface area contributed by atoms with E-state index in [2.05, 4.69) is 13.0 Å². The van der Waals surface area contributed by atoms with E-state index in [1.807, 2.05) is 30.3 Å². The molecule has 1 rings (SSSR count). The van der Waals surface area contributed by atoms with Crippen LogP contribution < -0.4 is 5.73 Å². The molecule has 0 aliphatic carbocycles. The third-order valence-electron chi connectivity index (χ3n) is 3.75. The van der Waals surface area contributed by atoms with Gasteiger partial charge in [-0.25, -0.2) is 0 Å². The molecule has 0 radical (unpaired) electrons. The number of carbonyl (C=O) groups excluding carboxylic acids is 1. The zero-order valence-electron chi connectivity index (χ0n) is 12.8. The van der Waals surface area contributed by atoms with Gasteiger partial charge in [-0.2, -0.15) is 5.26 Å². The van der Waals surface area contributed by atoms with Gasteiger partial charge in [-0.1, -0.05) is 43.7 Å². The lowest BCUT2D eigenvalue weighted by Gasteiger charge is -2.21. The van der Waals surface area contributed by atoms with Gasteiger partial charge in [0, 0.05) is 13.0 Å². The van der Waals surface area contributed by atoms with Crippen LogP contribution in [0, 0.1) is 17.2 Å². The Balaban J connectivity index is 2.55. The molecule has 0 spiro atoms. The first kappa shape index (κ1) is 17.2. The number of nitriles is 1. The van der Waals surface area contributed by atoms with E-state index in [-0.39, 0.29) is 12.5 Å². The summed E-state index contributed by atoms with van der Waals surface area (Å²) in [6.45, 7) is 3.43. The number of nitrogens with two attached hydrogens (primary N) is 1. The van der Waals surface area contributed by atoms with Gasteiger partial charge in [0.2, 0.25) is 5.91 Å². The molecule has 21 heavy (non-hydrogen) atoms. The Morgan fingerprint density at radius 3 is 2.62 bits per heavy atom. The van der Waals surface area contributed by atoms with Crippen molar-refractivity contribution in [1.29, 1.82) is 5.26 Å². The molecule has 0 aliphatic heterocycles. The molecule has 0 fully saturated rings. The van der Waals surface area contributed by atoms with Gasteiger partial charge in [-0.05, 0) is 30.9 Å². The van der Waals surface area contributed by atoms with Crippen LogP contribution >= 0.6 is 0 Å². The fraction of sp³-hybridized carbons (Fsp3) is 0.529. The van der Waals surface area contributed by atoms with Gasteiger partial charge in [-0.3, -0.25) is 4.79 Å². The summed E-state index contributed by atoms with van der Waals surface area (Å²) in [5.41, 5.74) is 6.63. The highest BCUT2D eigenvalue weighted by molar-refractivity contribution is 5.76. The molecule has 0 aromatic heterocycles. The standard InChI is InChI=1S/C17H25N3O/c1-2-15(10-11-18)8-9-17(21)20(13-12-19)14-16-6-4-3-5-7-16/h3-7,15H,2,8-11,13-14,18H2,1H3. The van der Waals surface area contributed by atoms with Crippen molar-refractivity contribution in [2.45, 2.75) is 39.2 Å². The first-order chi connectivity index (χ1) is 10.2.